The van der Waals surface area contributed by atoms with Gasteiger partial charge in [-0.3, -0.25) is 14.4 Å². The molecule has 4 heterocycles. The van der Waals surface area contributed by atoms with Gasteiger partial charge in [0.15, 0.2) is 0 Å². The van der Waals surface area contributed by atoms with E-state index < -0.39 is 0 Å². The molecule has 2 amide bonds. The van der Waals surface area contributed by atoms with E-state index in [-0.39, 0.29) is 47.8 Å². The third kappa shape index (κ3) is 5.14. The van der Waals surface area contributed by atoms with E-state index in [4.69, 9.17) is 0 Å². The van der Waals surface area contributed by atoms with Gasteiger partial charge in [-0.05, 0) is 56.5 Å². The van der Waals surface area contributed by atoms with Crippen LogP contribution in [0, 0.1) is 13.8 Å². The van der Waals surface area contributed by atoms with E-state index in [2.05, 4.69) is 15.3 Å². The monoisotopic (exact) mass is 461 g/mol. The van der Waals surface area contributed by atoms with Crippen LogP contribution in [-0.4, -0.2) is 42.9 Å². The fraction of sp³-hybridized carbons (Fsp3) is 0.320. The van der Waals surface area contributed by atoms with E-state index in [1.54, 1.807) is 36.2 Å². The van der Waals surface area contributed by atoms with Crippen molar-refractivity contribution in [1.82, 2.24) is 19.4 Å². The van der Waals surface area contributed by atoms with Crippen molar-refractivity contribution in [3.8, 4) is 5.75 Å². The molecule has 1 unspecified atom stereocenters. The first-order valence-electron chi connectivity index (χ1n) is 11.2. The summed E-state index contributed by atoms with van der Waals surface area (Å²) in [6, 6.07) is 11.2. The van der Waals surface area contributed by atoms with Gasteiger partial charge in [0, 0.05) is 37.5 Å². The van der Waals surface area contributed by atoms with Crippen molar-refractivity contribution < 1.29 is 14.7 Å². The van der Waals surface area contributed by atoms with Crippen LogP contribution in [0.1, 0.15) is 52.7 Å². The van der Waals surface area contributed by atoms with Crippen LogP contribution in [0.3, 0.4) is 0 Å². The first kappa shape index (κ1) is 23.2. The highest BCUT2D eigenvalue weighted by molar-refractivity contribution is 6.02. The van der Waals surface area contributed by atoms with E-state index in [9.17, 15) is 19.5 Å². The number of hydrogen-bond acceptors (Lipinski definition) is 6. The minimum absolute atomic E-state index is 0.0811. The number of pyridine rings is 3. The smallest absolute Gasteiger partial charge is 0.275 e. The third-order valence-corrected chi connectivity index (χ3v) is 5.94. The van der Waals surface area contributed by atoms with Crippen LogP contribution in [0.4, 0.5) is 5.82 Å². The van der Waals surface area contributed by atoms with Crippen molar-refractivity contribution in [2.24, 2.45) is 0 Å². The van der Waals surface area contributed by atoms with E-state index in [0.717, 1.165) is 24.5 Å². The molecule has 3 aromatic heterocycles. The Hall–Kier alpha value is -4.01. The number of hydrogen-bond donors (Lipinski definition) is 2. The summed E-state index contributed by atoms with van der Waals surface area (Å²) in [7, 11) is 0. The molecule has 0 aliphatic carbocycles. The topological polar surface area (TPSA) is 117 Å². The zero-order valence-corrected chi connectivity index (χ0v) is 19.2. The lowest BCUT2D eigenvalue weighted by Gasteiger charge is -2.25. The van der Waals surface area contributed by atoms with Crippen LogP contribution in [0.5, 0.6) is 5.75 Å². The minimum Gasteiger partial charge on any atom is -0.508 e. The van der Waals surface area contributed by atoms with Crippen LogP contribution in [0.15, 0.2) is 53.5 Å². The van der Waals surface area contributed by atoms with Crippen molar-refractivity contribution in [1.29, 1.82) is 0 Å². The largest absolute Gasteiger partial charge is 0.508 e. The van der Waals surface area contributed by atoms with E-state index in [1.807, 2.05) is 19.1 Å². The maximum absolute atomic E-state index is 13.0. The van der Waals surface area contributed by atoms with Gasteiger partial charge in [0.2, 0.25) is 5.91 Å². The Bertz CT molecular complexity index is 1270. The highest BCUT2D eigenvalue weighted by Gasteiger charge is 2.31. The second-order valence-electron chi connectivity index (χ2n) is 8.46. The van der Waals surface area contributed by atoms with Gasteiger partial charge in [0.25, 0.3) is 11.5 Å². The number of nitrogens with one attached hydrogen (secondary N) is 1. The standard InChI is InChI=1S/C25H27N5O4/c1-16-8-9-22(26-15-16)28-25(34)20-6-3-5-19(27-20)21-7-4-11-30(21)23(32)10-12-29-17(2)13-18(31)14-24(29)33/h3,5-6,8-9,13-15,21,31H,4,7,10-12H2,1-2H3,(H,26,28,34). The van der Waals surface area contributed by atoms with Gasteiger partial charge in [-0.1, -0.05) is 12.1 Å². The summed E-state index contributed by atoms with van der Waals surface area (Å²) < 4.78 is 1.48. The second kappa shape index (κ2) is 9.86. The number of amides is 2. The van der Waals surface area contributed by atoms with Gasteiger partial charge in [0.05, 0.1) is 11.7 Å². The number of nitrogens with zero attached hydrogens (tertiary/aromatic N) is 4. The number of carbonyl (C=O) groups excluding carboxylic acids is 2. The van der Waals surface area contributed by atoms with Gasteiger partial charge in [-0.2, -0.15) is 0 Å². The molecule has 1 aliphatic heterocycles. The maximum atomic E-state index is 13.0. The van der Waals surface area contributed by atoms with Gasteiger partial charge >= 0.3 is 0 Å². The fourth-order valence-electron chi connectivity index (χ4n) is 4.21. The third-order valence-electron chi connectivity index (χ3n) is 5.94. The Balaban J connectivity index is 1.45. The van der Waals surface area contributed by atoms with Crippen molar-refractivity contribution in [2.45, 2.75) is 45.7 Å². The first-order chi connectivity index (χ1) is 16.3. The summed E-state index contributed by atoms with van der Waals surface area (Å²) in [5.41, 5.74) is 2.17. The van der Waals surface area contributed by atoms with Crippen LogP contribution < -0.4 is 10.9 Å². The molecule has 1 aliphatic rings. The minimum atomic E-state index is -0.365. The summed E-state index contributed by atoms with van der Waals surface area (Å²) in [4.78, 5) is 48.4. The number of aromatic nitrogens is 3. The van der Waals surface area contributed by atoms with Gasteiger partial charge in [0.1, 0.15) is 17.3 Å². The quantitative estimate of drug-likeness (QED) is 0.583. The molecule has 0 spiro atoms. The Morgan fingerprint density at radius 1 is 1.18 bits per heavy atom. The maximum Gasteiger partial charge on any atom is 0.275 e. The van der Waals surface area contributed by atoms with Crippen molar-refractivity contribution in [2.75, 3.05) is 11.9 Å². The molecule has 9 heteroatoms. The molecule has 3 aromatic rings. The average molecular weight is 462 g/mol. The number of aryl methyl sites for hydroxylation is 2. The summed E-state index contributed by atoms with van der Waals surface area (Å²) in [6.07, 6.45) is 3.41. The molecule has 9 nitrogen and oxygen atoms in total. The zero-order chi connectivity index (χ0) is 24.2. The number of likely N-dealkylation sites (tertiary alicyclic amines) is 1. The van der Waals surface area contributed by atoms with Gasteiger partial charge < -0.3 is 19.9 Å². The highest BCUT2D eigenvalue weighted by Crippen LogP contribution is 2.31. The van der Waals surface area contributed by atoms with Crippen molar-refractivity contribution in [3.63, 3.8) is 0 Å². The molecule has 0 bridgehead atoms. The molecule has 4 rings (SSSR count). The summed E-state index contributed by atoms with van der Waals surface area (Å²) in [6.45, 7) is 4.46. The molecule has 0 radical (unpaired) electrons. The molecular weight excluding hydrogens is 434 g/mol. The van der Waals surface area contributed by atoms with Crippen molar-refractivity contribution in [3.05, 3.63) is 81.7 Å². The Morgan fingerprint density at radius 3 is 2.74 bits per heavy atom. The number of anilines is 1. The van der Waals surface area contributed by atoms with Crippen LogP contribution in [0.25, 0.3) is 0 Å². The lowest BCUT2D eigenvalue weighted by Crippen LogP contribution is -2.33. The molecule has 0 aromatic carbocycles. The van der Waals surface area contributed by atoms with Crippen LogP contribution >= 0.6 is 0 Å². The number of aromatic hydroxyl groups is 1. The Morgan fingerprint density at radius 2 is 2.00 bits per heavy atom. The normalized spacial score (nSPS) is 15.4. The number of carbonyl (C=O) groups is 2. The average Bonchev–Trinajstić information content (AvgIpc) is 3.30. The lowest BCUT2D eigenvalue weighted by molar-refractivity contribution is -0.132. The SMILES string of the molecule is Cc1ccc(NC(=O)c2cccc(C3CCCN3C(=O)CCn3c(C)cc(O)cc3=O)n2)nc1. The predicted octanol–water partition coefficient (Wildman–Crippen LogP) is 2.97. The van der Waals surface area contributed by atoms with Gasteiger partial charge in [-0.15, -0.1) is 0 Å². The van der Waals surface area contributed by atoms with E-state index in [0.29, 0.717) is 23.8 Å². The zero-order valence-electron chi connectivity index (χ0n) is 19.2. The number of rotatable bonds is 6. The van der Waals surface area contributed by atoms with Gasteiger partial charge in [-0.25, -0.2) is 9.97 Å². The fourth-order valence-corrected chi connectivity index (χ4v) is 4.21. The Kier molecular flexibility index (Phi) is 6.72. The first-order valence-corrected chi connectivity index (χ1v) is 11.2. The molecule has 0 saturated carbocycles. The van der Waals surface area contributed by atoms with Crippen LogP contribution in [-0.2, 0) is 11.3 Å². The predicted molar refractivity (Wildman–Crippen MR) is 127 cm³/mol. The molecule has 34 heavy (non-hydrogen) atoms. The van der Waals surface area contributed by atoms with E-state index in [1.165, 1.54) is 10.6 Å². The van der Waals surface area contributed by atoms with E-state index >= 15 is 0 Å². The summed E-state index contributed by atoms with van der Waals surface area (Å²) >= 11 is 0. The molecule has 1 atom stereocenters. The summed E-state index contributed by atoms with van der Waals surface area (Å²) in [5.74, 6) is -0.0864. The Labute approximate surface area is 197 Å². The summed E-state index contributed by atoms with van der Waals surface area (Å²) in [5, 5.41) is 12.3. The molecule has 1 saturated heterocycles. The molecular formula is C25H27N5O4. The molecule has 2 N–H and O–H groups in total. The second-order valence-corrected chi connectivity index (χ2v) is 8.46. The van der Waals surface area contributed by atoms with Crippen LogP contribution in [0.2, 0.25) is 0 Å². The molecule has 1 fully saturated rings. The molecule has 176 valence electrons. The van der Waals surface area contributed by atoms with Crippen molar-refractivity contribution >= 4 is 17.6 Å². The lowest BCUT2D eigenvalue weighted by atomic mass is 10.1. The highest BCUT2D eigenvalue weighted by atomic mass is 16.3.